The van der Waals surface area contributed by atoms with E-state index in [1.54, 1.807) is 0 Å². The highest BCUT2D eigenvalue weighted by atomic mass is 32.2. The predicted molar refractivity (Wildman–Crippen MR) is 125 cm³/mol. The Morgan fingerprint density at radius 3 is 2.16 bits per heavy atom. The Hall–Kier alpha value is -4.08. The Morgan fingerprint density at radius 1 is 0.875 bits per heavy atom. The van der Waals surface area contributed by atoms with E-state index in [0.717, 1.165) is 16.7 Å². The van der Waals surface area contributed by atoms with Crippen molar-refractivity contribution in [2.24, 2.45) is 0 Å². The summed E-state index contributed by atoms with van der Waals surface area (Å²) in [5, 5.41) is 29.5. The lowest BCUT2D eigenvalue weighted by Crippen LogP contribution is -2.04. The number of Topliss-reactive ketones (excluding diaryl/α,β-unsaturated/α-hetero) is 1. The number of hydrogen-bond donors (Lipinski definition) is 2. The molecule has 5 nitrogen and oxygen atoms in total. The van der Waals surface area contributed by atoms with Crippen LogP contribution in [0.5, 0.6) is 11.5 Å². The number of aromatic hydroxyl groups is 2. The monoisotopic (exact) mass is 438 g/mol. The number of carbonyl (C=O) groups excluding carboxylic acids is 1. The summed E-state index contributed by atoms with van der Waals surface area (Å²) >= 11 is 1.18. The number of thioether (sulfide) groups is 1. The Balaban J connectivity index is 1.74. The maximum absolute atomic E-state index is 12.7. The van der Waals surface area contributed by atoms with Crippen LogP contribution in [0.4, 0.5) is 0 Å². The van der Waals surface area contributed by atoms with E-state index in [9.17, 15) is 20.3 Å². The van der Waals surface area contributed by atoms with Crippen molar-refractivity contribution in [3.63, 3.8) is 0 Å². The number of benzene rings is 3. The number of ketones is 1. The zero-order valence-electron chi connectivity index (χ0n) is 16.9. The molecule has 3 aromatic carbocycles. The van der Waals surface area contributed by atoms with Gasteiger partial charge < -0.3 is 10.2 Å². The van der Waals surface area contributed by atoms with Crippen LogP contribution in [0.1, 0.15) is 15.9 Å². The quantitative estimate of drug-likeness (QED) is 0.229. The number of phenols is 2. The minimum absolute atomic E-state index is 0.0262. The van der Waals surface area contributed by atoms with Crippen molar-refractivity contribution < 1.29 is 15.0 Å². The van der Waals surface area contributed by atoms with E-state index >= 15 is 0 Å². The normalized spacial score (nSPS) is 10.5. The smallest absolute Gasteiger partial charge is 0.173 e. The number of phenolic OH excluding ortho intramolecular Hbond substituents is 2. The summed E-state index contributed by atoms with van der Waals surface area (Å²) in [5.74, 6) is -0.861. The third kappa shape index (κ3) is 4.48. The Bertz CT molecular complexity index is 1320. The first-order chi connectivity index (χ1) is 15.6. The van der Waals surface area contributed by atoms with Crippen molar-refractivity contribution in [1.82, 2.24) is 4.98 Å². The molecule has 2 N–H and O–H groups in total. The van der Waals surface area contributed by atoms with Crippen LogP contribution in [-0.4, -0.2) is 26.7 Å². The molecule has 0 amide bonds. The fourth-order valence-corrected chi connectivity index (χ4v) is 4.15. The molecule has 0 aliphatic heterocycles. The van der Waals surface area contributed by atoms with Crippen molar-refractivity contribution in [3.8, 4) is 40.0 Å². The summed E-state index contributed by atoms with van der Waals surface area (Å²) in [7, 11) is 0. The zero-order chi connectivity index (χ0) is 22.5. The van der Waals surface area contributed by atoms with Gasteiger partial charge in [0.05, 0.1) is 17.0 Å². The standard InChI is InChI=1S/C26H18N2O3S/c27-15-21-20(17-7-3-1-4-8-17)14-22(18-9-5-2-6-10-18)28-26(21)32-16-25(31)19-11-12-23(29)24(30)13-19/h1-14,29-30H,16H2. The summed E-state index contributed by atoms with van der Waals surface area (Å²) < 4.78 is 0. The molecule has 0 radical (unpaired) electrons. The fraction of sp³-hybridized carbons (Fsp3) is 0.0385. The number of pyridine rings is 1. The van der Waals surface area contributed by atoms with E-state index in [1.807, 2.05) is 66.7 Å². The van der Waals surface area contributed by atoms with Crippen LogP contribution < -0.4 is 0 Å². The molecule has 0 fully saturated rings. The Labute approximate surface area is 189 Å². The number of carbonyl (C=O) groups is 1. The molecule has 0 spiro atoms. The molecule has 4 rings (SSSR count). The summed E-state index contributed by atoms with van der Waals surface area (Å²) in [6.45, 7) is 0. The second-order valence-electron chi connectivity index (χ2n) is 6.99. The van der Waals surface area contributed by atoms with Gasteiger partial charge in [0.2, 0.25) is 0 Å². The van der Waals surface area contributed by atoms with Crippen molar-refractivity contribution in [3.05, 3.63) is 96.1 Å². The van der Waals surface area contributed by atoms with Gasteiger partial charge in [0.15, 0.2) is 17.3 Å². The summed E-state index contributed by atoms with van der Waals surface area (Å²) in [6, 6.07) is 27.4. The van der Waals surface area contributed by atoms with E-state index in [0.29, 0.717) is 16.3 Å². The van der Waals surface area contributed by atoms with E-state index in [1.165, 1.54) is 30.0 Å². The van der Waals surface area contributed by atoms with Gasteiger partial charge in [-0.3, -0.25) is 4.79 Å². The van der Waals surface area contributed by atoms with Crippen LogP contribution in [0.3, 0.4) is 0 Å². The van der Waals surface area contributed by atoms with Crippen molar-refractivity contribution in [1.29, 1.82) is 5.26 Å². The number of nitrogens with zero attached hydrogens (tertiary/aromatic N) is 2. The molecule has 0 unspecified atom stereocenters. The van der Waals surface area contributed by atoms with E-state index in [-0.39, 0.29) is 28.6 Å². The average molecular weight is 439 g/mol. The van der Waals surface area contributed by atoms with Crippen LogP contribution in [0.25, 0.3) is 22.4 Å². The van der Waals surface area contributed by atoms with Gasteiger partial charge in [0.1, 0.15) is 11.1 Å². The molecule has 0 aliphatic rings. The first kappa shape index (κ1) is 21.2. The lowest BCUT2D eigenvalue weighted by Gasteiger charge is -2.12. The van der Waals surface area contributed by atoms with Gasteiger partial charge in [-0.2, -0.15) is 5.26 Å². The number of hydrogen-bond acceptors (Lipinski definition) is 6. The highest BCUT2D eigenvalue weighted by Gasteiger charge is 2.18. The molecular weight excluding hydrogens is 420 g/mol. The molecule has 4 aromatic rings. The van der Waals surface area contributed by atoms with Crippen LogP contribution in [0.15, 0.2) is 90.0 Å². The molecule has 156 valence electrons. The van der Waals surface area contributed by atoms with Gasteiger partial charge in [0.25, 0.3) is 0 Å². The molecular formula is C26H18N2O3S. The van der Waals surface area contributed by atoms with Crippen molar-refractivity contribution in [2.45, 2.75) is 5.03 Å². The van der Waals surface area contributed by atoms with E-state index in [2.05, 4.69) is 6.07 Å². The Kier molecular flexibility index (Phi) is 6.20. The number of nitriles is 1. The summed E-state index contributed by atoms with van der Waals surface area (Å²) in [6.07, 6.45) is 0. The molecule has 0 bridgehead atoms. The molecule has 6 heteroatoms. The second-order valence-corrected chi connectivity index (χ2v) is 7.96. The lowest BCUT2D eigenvalue weighted by molar-refractivity contribution is 0.102. The van der Waals surface area contributed by atoms with Crippen LogP contribution >= 0.6 is 11.8 Å². The minimum Gasteiger partial charge on any atom is -0.504 e. The van der Waals surface area contributed by atoms with Crippen LogP contribution in [0.2, 0.25) is 0 Å². The molecule has 0 saturated carbocycles. The van der Waals surface area contributed by atoms with Crippen molar-refractivity contribution in [2.75, 3.05) is 5.75 Å². The molecule has 32 heavy (non-hydrogen) atoms. The highest BCUT2D eigenvalue weighted by molar-refractivity contribution is 8.00. The van der Waals surface area contributed by atoms with Gasteiger partial charge in [-0.05, 0) is 29.8 Å². The van der Waals surface area contributed by atoms with Gasteiger partial charge in [-0.25, -0.2) is 4.98 Å². The average Bonchev–Trinajstić information content (AvgIpc) is 2.84. The summed E-state index contributed by atoms with van der Waals surface area (Å²) in [4.78, 5) is 17.4. The first-order valence-electron chi connectivity index (χ1n) is 9.81. The first-order valence-corrected chi connectivity index (χ1v) is 10.8. The van der Waals surface area contributed by atoms with Gasteiger partial charge in [0, 0.05) is 16.7 Å². The van der Waals surface area contributed by atoms with E-state index < -0.39 is 0 Å². The molecule has 0 aliphatic carbocycles. The van der Waals surface area contributed by atoms with E-state index in [4.69, 9.17) is 4.98 Å². The van der Waals surface area contributed by atoms with Gasteiger partial charge in [-0.1, -0.05) is 72.4 Å². The SMILES string of the molecule is N#Cc1c(-c2ccccc2)cc(-c2ccccc2)nc1SCC(=O)c1ccc(O)c(O)c1. The maximum Gasteiger partial charge on any atom is 0.173 e. The maximum atomic E-state index is 12.7. The van der Waals surface area contributed by atoms with Crippen molar-refractivity contribution >= 4 is 17.5 Å². The topological polar surface area (TPSA) is 94.2 Å². The zero-order valence-corrected chi connectivity index (χ0v) is 17.7. The Morgan fingerprint density at radius 2 is 1.53 bits per heavy atom. The third-order valence-corrected chi connectivity index (χ3v) is 5.87. The number of rotatable bonds is 6. The molecule has 0 atom stereocenters. The predicted octanol–water partition coefficient (Wildman–Crippen LogP) is 5.67. The van der Waals surface area contributed by atoms with Gasteiger partial charge >= 0.3 is 0 Å². The molecule has 0 saturated heterocycles. The van der Waals surface area contributed by atoms with Crippen LogP contribution in [0, 0.1) is 11.3 Å². The second kappa shape index (κ2) is 9.38. The van der Waals surface area contributed by atoms with Gasteiger partial charge in [-0.15, -0.1) is 0 Å². The fourth-order valence-electron chi connectivity index (χ4n) is 3.25. The minimum atomic E-state index is -0.353. The highest BCUT2D eigenvalue weighted by Crippen LogP contribution is 2.34. The molecule has 1 heterocycles. The third-order valence-electron chi connectivity index (χ3n) is 4.89. The molecule has 1 aromatic heterocycles. The summed E-state index contributed by atoms with van der Waals surface area (Å²) in [5.41, 5.74) is 3.93. The number of aromatic nitrogens is 1. The largest absolute Gasteiger partial charge is 0.504 e. The lowest BCUT2D eigenvalue weighted by atomic mass is 9.99. The van der Waals surface area contributed by atoms with Crippen LogP contribution in [-0.2, 0) is 0 Å².